The zero-order valence-corrected chi connectivity index (χ0v) is 15.5. The Morgan fingerprint density at radius 2 is 2.24 bits per heavy atom. The standard InChI is InChI=1S/C15H24N4O5S/c1-11-6-7-16-17-15(11)24-10-14(20)19-8-4-5-12(13(19)9-23-2)18-25(3,21)22/h6-7,12-13,18H,4-5,8-10H2,1-3H3/t12?,13-/m0/s1. The van der Waals surface area contributed by atoms with Crippen LogP contribution in [0, 0.1) is 6.92 Å². The number of nitrogens with one attached hydrogen (secondary N) is 1. The normalized spacial score (nSPS) is 21.2. The minimum Gasteiger partial charge on any atom is -0.466 e. The van der Waals surface area contributed by atoms with Crippen molar-refractivity contribution < 1.29 is 22.7 Å². The Labute approximate surface area is 147 Å². The fourth-order valence-electron chi connectivity index (χ4n) is 2.89. The fraction of sp³-hybridized carbons (Fsp3) is 0.667. The summed E-state index contributed by atoms with van der Waals surface area (Å²) in [7, 11) is -1.86. The minimum atomic E-state index is -3.38. The number of piperidine rings is 1. The van der Waals surface area contributed by atoms with Gasteiger partial charge in [-0.1, -0.05) is 0 Å². The largest absolute Gasteiger partial charge is 0.466 e. The van der Waals surface area contributed by atoms with Crippen LogP contribution in [0.2, 0.25) is 0 Å². The van der Waals surface area contributed by atoms with E-state index in [4.69, 9.17) is 9.47 Å². The van der Waals surface area contributed by atoms with Crippen LogP contribution in [-0.2, 0) is 19.6 Å². The summed E-state index contributed by atoms with van der Waals surface area (Å²) in [6.45, 7) is 2.39. The maximum atomic E-state index is 12.6. The second-order valence-electron chi connectivity index (χ2n) is 6.06. The van der Waals surface area contributed by atoms with Crippen molar-refractivity contribution in [1.82, 2.24) is 19.8 Å². The van der Waals surface area contributed by atoms with E-state index in [-0.39, 0.29) is 31.2 Å². The van der Waals surface area contributed by atoms with Crippen LogP contribution in [0.25, 0.3) is 0 Å². The van der Waals surface area contributed by atoms with Crippen LogP contribution in [0.3, 0.4) is 0 Å². The third kappa shape index (κ3) is 5.62. The van der Waals surface area contributed by atoms with E-state index in [1.165, 1.54) is 7.11 Å². The van der Waals surface area contributed by atoms with Gasteiger partial charge in [-0.25, -0.2) is 13.1 Å². The number of hydrogen-bond donors (Lipinski definition) is 1. The van der Waals surface area contributed by atoms with E-state index in [0.717, 1.165) is 11.8 Å². The number of aromatic nitrogens is 2. The monoisotopic (exact) mass is 372 g/mol. The molecule has 1 aromatic rings. The summed E-state index contributed by atoms with van der Waals surface area (Å²) < 4.78 is 36.4. The SMILES string of the molecule is COC[C@H]1C(NS(C)(=O)=O)CCCN1C(=O)COc1nnccc1C. The zero-order valence-electron chi connectivity index (χ0n) is 14.6. The fourth-order valence-corrected chi connectivity index (χ4v) is 3.72. The number of aryl methyl sites for hydroxylation is 1. The van der Waals surface area contributed by atoms with Gasteiger partial charge in [-0.05, 0) is 25.8 Å². The van der Waals surface area contributed by atoms with Crippen LogP contribution in [-0.4, -0.2) is 74.6 Å². The second kappa shape index (κ2) is 8.54. The van der Waals surface area contributed by atoms with Crippen LogP contribution >= 0.6 is 0 Å². The van der Waals surface area contributed by atoms with Crippen molar-refractivity contribution in [3.8, 4) is 5.88 Å². The van der Waals surface area contributed by atoms with Gasteiger partial charge >= 0.3 is 0 Å². The molecule has 0 aromatic carbocycles. The molecule has 0 spiro atoms. The molecule has 0 radical (unpaired) electrons. The highest BCUT2D eigenvalue weighted by atomic mass is 32.2. The summed E-state index contributed by atoms with van der Waals surface area (Å²) in [6, 6.07) is 0.978. The molecule has 1 fully saturated rings. The molecule has 10 heteroatoms. The van der Waals surface area contributed by atoms with Crippen molar-refractivity contribution in [1.29, 1.82) is 0 Å². The van der Waals surface area contributed by atoms with Gasteiger partial charge in [0, 0.05) is 25.3 Å². The Morgan fingerprint density at radius 3 is 2.88 bits per heavy atom. The van der Waals surface area contributed by atoms with Gasteiger partial charge in [0.1, 0.15) is 0 Å². The quantitative estimate of drug-likeness (QED) is 0.701. The van der Waals surface area contributed by atoms with Crippen molar-refractivity contribution in [2.24, 2.45) is 0 Å². The Balaban J connectivity index is 2.06. The number of ether oxygens (including phenoxy) is 2. The molecule has 1 aromatic heterocycles. The van der Waals surface area contributed by atoms with Gasteiger partial charge in [-0.3, -0.25) is 4.79 Å². The Bertz CT molecular complexity index is 697. The lowest BCUT2D eigenvalue weighted by Crippen LogP contribution is -2.59. The molecule has 2 atom stereocenters. The highest BCUT2D eigenvalue weighted by Gasteiger charge is 2.35. The van der Waals surface area contributed by atoms with E-state index in [0.29, 0.717) is 25.3 Å². The third-order valence-corrected chi connectivity index (χ3v) is 4.74. The summed E-state index contributed by atoms with van der Waals surface area (Å²) in [4.78, 5) is 14.2. The van der Waals surface area contributed by atoms with Gasteiger partial charge in [-0.15, -0.1) is 5.10 Å². The van der Waals surface area contributed by atoms with Gasteiger partial charge in [0.15, 0.2) is 6.61 Å². The van der Waals surface area contributed by atoms with E-state index < -0.39 is 10.0 Å². The van der Waals surface area contributed by atoms with Gasteiger partial charge in [0.05, 0.1) is 25.1 Å². The minimum absolute atomic E-state index is 0.189. The summed E-state index contributed by atoms with van der Waals surface area (Å²) in [5.74, 6) is 0.0640. The van der Waals surface area contributed by atoms with Gasteiger partial charge in [0.25, 0.3) is 5.91 Å². The molecule has 0 saturated carbocycles. The molecule has 9 nitrogen and oxygen atoms in total. The number of rotatable bonds is 7. The first-order chi connectivity index (χ1) is 11.8. The lowest BCUT2D eigenvalue weighted by molar-refractivity contribution is -0.139. The van der Waals surface area contributed by atoms with E-state index in [9.17, 15) is 13.2 Å². The maximum Gasteiger partial charge on any atom is 0.260 e. The molecule has 2 heterocycles. The average molecular weight is 372 g/mol. The molecule has 25 heavy (non-hydrogen) atoms. The van der Waals surface area contributed by atoms with Crippen molar-refractivity contribution in [2.75, 3.05) is 33.1 Å². The molecule has 1 unspecified atom stereocenters. The first-order valence-corrected chi connectivity index (χ1v) is 9.87. The molecule has 2 rings (SSSR count). The number of likely N-dealkylation sites (tertiary alicyclic amines) is 1. The molecule has 1 N–H and O–H groups in total. The first-order valence-electron chi connectivity index (χ1n) is 7.98. The summed E-state index contributed by atoms with van der Waals surface area (Å²) in [6.07, 6.45) is 4.00. The topological polar surface area (TPSA) is 111 Å². The van der Waals surface area contributed by atoms with Gasteiger partial charge in [-0.2, -0.15) is 5.10 Å². The highest BCUT2D eigenvalue weighted by Crippen LogP contribution is 2.20. The van der Waals surface area contributed by atoms with Crippen molar-refractivity contribution in [3.05, 3.63) is 17.8 Å². The van der Waals surface area contributed by atoms with Crippen molar-refractivity contribution >= 4 is 15.9 Å². The van der Waals surface area contributed by atoms with Crippen LogP contribution in [0.4, 0.5) is 0 Å². The van der Waals surface area contributed by atoms with Crippen LogP contribution < -0.4 is 9.46 Å². The van der Waals surface area contributed by atoms with E-state index >= 15 is 0 Å². The number of methoxy groups -OCH3 is 1. The predicted octanol–water partition coefficient (Wildman–Crippen LogP) is -0.281. The first kappa shape index (κ1) is 19.5. The summed E-state index contributed by atoms with van der Waals surface area (Å²) in [5.41, 5.74) is 0.784. The van der Waals surface area contributed by atoms with E-state index in [2.05, 4.69) is 14.9 Å². The smallest absolute Gasteiger partial charge is 0.260 e. The van der Waals surface area contributed by atoms with E-state index in [1.54, 1.807) is 17.2 Å². The second-order valence-corrected chi connectivity index (χ2v) is 7.84. The van der Waals surface area contributed by atoms with Crippen molar-refractivity contribution in [3.63, 3.8) is 0 Å². The molecule has 1 saturated heterocycles. The molecule has 1 aliphatic rings. The Morgan fingerprint density at radius 1 is 1.48 bits per heavy atom. The number of sulfonamides is 1. The molecule has 0 aliphatic carbocycles. The lowest BCUT2D eigenvalue weighted by atomic mass is 9.97. The van der Waals surface area contributed by atoms with Crippen LogP contribution in [0.15, 0.2) is 12.3 Å². The third-order valence-electron chi connectivity index (χ3n) is 4.01. The number of hydrogen-bond acceptors (Lipinski definition) is 7. The van der Waals surface area contributed by atoms with Crippen LogP contribution in [0.1, 0.15) is 18.4 Å². The van der Waals surface area contributed by atoms with E-state index in [1.807, 2.05) is 6.92 Å². The predicted molar refractivity (Wildman–Crippen MR) is 90.6 cm³/mol. The summed E-state index contributed by atoms with van der Waals surface area (Å²) in [5, 5.41) is 7.59. The molecular weight excluding hydrogens is 348 g/mol. The molecule has 0 bridgehead atoms. The highest BCUT2D eigenvalue weighted by molar-refractivity contribution is 7.88. The number of amides is 1. The molecule has 1 aliphatic heterocycles. The zero-order chi connectivity index (χ0) is 18.4. The average Bonchev–Trinajstić information content (AvgIpc) is 2.54. The Hall–Kier alpha value is -1.78. The number of nitrogens with zero attached hydrogens (tertiary/aromatic N) is 3. The van der Waals surface area contributed by atoms with Gasteiger partial charge < -0.3 is 14.4 Å². The van der Waals surface area contributed by atoms with Crippen molar-refractivity contribution in [2.45, 2.75) is 31.8 Å². The van der Waals surface area contributed by atoms with Gasteiger partial charge in [0.2, 0.25) is 15.9 Å². The molecule has 140 valence electrons. The molecule has 1 amide bonds. The molecular formula is C15H24N4O5S. The summed E-state index contributed by atoms with van der Waals surface area (Å²) >= 11 is 0. The number of carbonyl (C=O) groups excluding carboxylic acids is 1. The Kier molecular flexibility index (Phi) is 6.68. The van der Waals surface area contributed by atoms with Crippen LogP contribution in [0.5, 0.6) is 5.88 Å². The maximum absolute atomic E-state index is 12.6. The number of carbonyl (C=O) groups is 1. The lowest BCUT2D eigenvalue weighted by Gasteiger charge is -2.40.